The molecule has 2 nitrogen and oxygen atoms in total. The number of methoxy groups -OCH3 is 1. The van der Waals surface area contributed by atoms with E-state index in [1.54, 1.807) is 12.7 Å². The fourth-order valence-corrected chi connectivity index (χ4v) is 3.71. The molecule has 2 heteroatoms. The van der Waals surface area contributed by atoms with Crippen LogP contribution in [-0.2, 0) is 5.41 Å². The van der Waals surface area contributed by atoms with Crippen molar-refractivity contribution < 1.29 is 4.74 Å². The highest BCUT2D eigenvalue weighted by molar-refractivity contribution is 5.42. The molecule has 0 spiro atoms. The molecule has 1 aromatic rings. The van der Waals surface area contributed by atoms with E-state index in [-0.39, 0.29) is 5.41 Å². The first-order valence-electron chi connectivity index (χ1n) is 7.30. The van der Waals surface area contributed by atoms with Crippen LogP contribution in [0.4, 0.5) is 0 Å². The van der Waals surface area contributed by atoms with Crippen molar-refractivity contribution in [1.82, 2.24) is 4.90 Å². The number of benzene rings is 1. The van der Waals surface area contributed by atoms with Gasteiger partial charge in [0.25, 0.3) is 0 Å². The summed E-state index contributed by atoms with van der Waals surface area (Å²) in [4.78, 5) is 2.35. The molecule has 0 N–H and O–H groups in total. The maximum absolute atomic E-state index is 5.41. The van der Waals surface area contributed by atoms with E-state index in [1.165, 1.54) is 37.7 Å². The van der Waals surface area contributed by atoms with Crippen molar-refractivity contribution in [3.63, 3.8) is 0 Å². The molecule has 3 rings (SSSR count). The topological polar surface area (TPSA) is 12.5 Å². The van der Waals surface area contributed by atoms with Crippen molar-refractivity contribution in [2.45, 2.75) is 37.5 Å². The predicted octanol–water partition coefficient (Wildman–Crippen LogP) is 3.73. The van der Waals surface area contributed by atoms with Gasteiger partial charge in [0.15, 0.2) is 0 Å². The summed E-state index contributed by atoms with van der Waals surface area (Å²) in [5.74, 6) is 0.982. The summed E-state index contributed by atoms with van der Waals surface area (Å²) >= 11 is 0. The normalized spacial score (nSPS) is 26.6. The van der Waals surface area contributed by atoms with Crippen LogP contribution in [0.15, 0.2) is 36.0 Å². The summed E-state index contributed by atoms with van der Waals surface area (Å²) in [6, 6.07) is 8.70. The Morgan fingerprint density at radius 2 is 2.11 bits per heavy atom. The van der Waals surface area contributed by atoms with E-state index in [1.807, 2.05) is 6.07 Å². The van der Waals surface area contributed by atoms with Crippen molar-refractivity contribution in [2.75, 3.05) is 20.7 Å². The molecule has 1 fully saturated rings. The van der Waals surface area contributed by atoms with Gasteiger partial charge in [-0.3, -0.25) is 0 Å². The Morgan fingerprint density at radius 1 is 1.21 bits per heavy atom. The zero-order valence-electron chi connectivity index (χ0n) is 12.0. The van der Waals surface area contributed by atoms with Crippen molar-refractivity contribution in [3.05, 3.63) is 41.6 Å². The smallest absolute Gasteiger partial charge is 0.119 e. The average Bonchev–Trinajstić information content (AvgIpc) is 2.47. The molecule has 19 heavy (non-hydrogen) atoms. The van der Waals surface area contributed by atoms with Crippen LogP contribution in [0.2, 0.25) is 0 Å². The van der Waals surface area contributed by atoms with Crippen LogP contribution < -0.4 is 4.74 Å². The fraction of sp³-hybridized carbons (Fsp3) is 0.529. The maximum Gasteiger partial charge on any atom is 0.119 e. The van der Waals surface area contributed by atoms with Gasteiger partial charge in [-0.2, -0.15) is 0 Å². The molecule has 1 aromatic carbocycles. The van der Waals surface area contributed by atoms with Gasteiger partial charge in [-0.25, -0.2) is 0 Å². The first-order valence-corrected chi connectivity index (χ1v) is 7.30. The van der Waals surface area contributed by atoms with E-state index in [0.717, 1.165) is 12.3 Å². The van der Waals surface area contributed by atoms with Crippen LogP contribution in [0.1, 0.15) is 37.7 Å². The lowest BCUT2D eigenvalue weighted by Crippen LogP contribution is -2.39. The molecular formula is C17H23NO. The molecule has 0 unspecified atom stereocenters. The SMILES string of the molecule is COc1cccc([C@]23CCCCC2=CN(C)CC3)c1. The predicted molar refractivity (Wildman–Crippen MR) is 78.5 cm³/mol. The van der Waals surface area contributed by atoms with Crippen LogP contribution in [-0.4, -0.2) is 25.6 Å². The van der Waals surface area contributed by atoms with Gasteiger partial charge in [0.2, 0.25) is 0 Å². The van der Waals surface area contributed by atoms with Crippen molar-refractivity contribution in [2.24, 2.45) is 0 Å². The molecule has 0 radical (unpaired) electrons. The summed E-state index contributed by atoms with van der Waals surface area (Å²) in [6.07, 6.45) is 8.86. The van der Waals surface area contributed by atoms with Gasteiger partial charge in [0.05, 0.1) is 7.11 Å². The van der Waals surface area contributed by atoms with Gasteiger partial charge in [-0.1, -0.05) is 18.6 Å². The molecule has 1 aliphatic carbocycles. The molecule has 1 heterocycles. The van der Waals surface area contributed by atoms with Gasteiger partial charge in [0.1, 0.15) is 5.75 Å². The van der Waals surface area contributed by atoms with Crippen LogP contribution in [0.25, 0.3) is 0 Å². The number of fused-ring (bicyclic) bond motifs is 1. The Labute approximate surface area is 116 Å². The van der Waals surface area contributed by atoms with E-state index in [2.05, 4.69) is 36.3 Å². The Bertz CT molecular complexity index is 494. The maximum atomic E-state index is 5.41. The summed E-state index contributed by atoms with van der Waals surface area (Å²) in [5, 5.41) is 0. The second kappa shape index (κ2) is 4.92. The lowest BCUT2D eigenvalue weighted by atomic mass is 9.63. The third-order valence-electron chi connectivity index (χ3n) is 4.80. The third-order valence-corrected chi connectivity index (χ3v) is 4.80. The Hall–Kier alpha value is -1.44. The number of hydrogen-bond acceptors (Lipinski definition) is 2. The van der Waals surface area contributed by atoms with Crippen molar-refractivity contribution in [3.8, 4) is 5.75 Å². The van der Waals surface area contributed by atoms with Gasteiger partial charge in [-0.05, 0) is 55.2 Å². The molecule has 2 aliphatic rings. The van der Waals surface area contributed by atoms with Gasteiger partial charge in [-0.15, -0.1) is 0 Å². The largest absolute Gasteiger partial charge is 0.497 e. The third kappa shape index (κ3) is 2.13. The minimum absolute atomic E-state index is 0.277. The van der Waals surface area contributed by atoms with Crippen molar-refractivity contribution in [1.29, 1.82) is 0 Å². The molecule has 0 saturated heterocycles. The molecule has 0 amide bonds. The highest BCUT2D eigenvalue weighted by Gasteiger charge is 2.40. The van der Waals surface area contributed by atoms with Crippen LogP contribution in [0.3, 0.4) is 0 Å². The lowest BCUT2D eigenvalue weighted by Gasteiger charge is -2.45. The zero-order chi connectivity index (χ0) is 13.3. The van der Waals surface area contributed by atoms with E-state index >= 15 is 0 Å². The van der Waals surface area contributed by atoms with Crippen LogP contribution in [0, 0.1) is 0 Å². The summed E-state index contributed by atoms with van der Waals surface area (Å²) in [5.41, 5.74) is 3.35. The van der Waals surface area contributed by atoms with E-state index in [9.17, 15) is 0 Å². The standard InChI is InChI=1S/C17H23NO/c1-18-11-10-17(9-4-3-6-15(17)13-18)14-7-5-8-16(12-14)19-2/h5,7-8,12-13H,3-4,6,9-11H2,1-2H3/t17-/m1/s1. The second-order valence-electron chi connectivity index (χ2n) is 5.91. The highest BCUT2D eigenvalue weighted by Crippen LogP contribution is 2.48. The van der Waals surface area contributed by atoms with Gasteiger partial charge < -0.3 is 9.64 Å². The van der Waals surface area contributed by atoms with Crippen LogP contribution >= 0.6 is 0 Å². The number of allylic oxidation sites excluding steroid dienone is 1. The van der Waals surface area contributed by atoms with Crippen LogP contribution in [0.5, 0.6) is 5.75 Å². The molecule has 0 aromatic heterocycles. The highest BCUT2D eigenvalue weighted by atomic mass is 16.5. The fourth-order valence-electron chi connectivity index (χ4n) is 3.71. The van der Waals surface area contributed by atoms with Gasteiger partial charge >= 0.3 is 0 Å². The minimum atomic E-state index is 0.277. The summed E-state index contributed by atoms with van der Waals surface area (Å²) < 4.78 is 5.41. The Morgan fingerprint density at radius 3 is 2.95 bits per heavy atom. The molecule has 102 valence electrons. The number of hydrogen-bond donors (Lipinski definition) is 0. The molecular weight excluding hydrogens is 234 g/mol. The second-order valence-corrected chi connectivity index (χ2v) is 5.91. The monoisotopic (exact) mass is 257 g/mol. The summed E-state index contributed by atoms with van der Waals surface area (Å²) in [6.45, 7) is 1.15. The minimum Gasteiger partial charge on any atom is -0.497 e. The van der Waals surface area contributed by atoms with E-state index < -0.39 is 0 Å². The first-order chi connectivity index (χ1) is 9.24. The average molecular weight is 257 g/mol. The van der Waals surface area contributed by atoms with E-state index in [0.29, 0.717) is 0 Å². The number of nitrogens with zero attached hydrogens (tertiary/aromatic N) is 1. The lowest BCUT2D eigenvalue weighted by molar-refractivity contribution is 0.274. The quantitative estimate of drug-likeness (QED) is 0.800. The zero-order valence-corrected chi connectivity index (χ0v) is 12.0. The number of ether oxygens (including phenoxy) is 1. The van der Waals surface area contributed by atoms with Gasteiger partial charge in [0, 0.05) is 19.0 Å². The molecule has 1 aliphatic heterocycles. The Kier molecular flexibility index (Phi) is 3.26. The molecule has 0 bridgehead atoms. The molecule has 1 atom stereocenters. The first kappa shape index (κ1) is 12.6. The van der Waals surface area contributed by atoms with Crippen molar-refractivity contribution >= 4 is 0 Å². The summed E-state index contributed by atoms with van der Waals surface area (Å²) in [7, 11) is 3.94. The Balaban J connectivity index is 2.05. The van der Waals surface area contributed by atoms with E-state index in [4.69, 9.17) is 4.74 Å². The number of rotatable bonds is 2. The molecule has 1 saturated carbocycles.